The van der Waals surface area contributed by atoms with Crippen molar-refractivity contribution in [3.8, 4) is 0 Å². The zero-order chi connectivity index (χ0) is 15.9. The number of urea groups is 1. The Morgan fingerprint density at radius 3 is 2.50 bits per heavy atom. The normalized spacial score (nSPS) is 27.1. The van der Waals surface area contributed by atoms with Crippen LogP contribution in [0.3, 0.4) is 0 Å². The predicted molar refractivity (Wildman–Crippen MR) is 88.4 cm³/mol. The SMILES string of the molecule is CO[C@@H]1C=C[C@@H]2[C@H]1N(CC(C)C)C(=O)N2c1ccc(Cl)cc1. The van der Waals surface area contributed by atoms with Gasteiger partial charge in [0, 0.05) is 24.4 Å². The zero-order valence-electron chi connectivity index (χ0n) is 13.1. The maximum Gasteiger partial charge on any atom is 0.325 e. The second-order valence-electron chi connectivity index (χ2n) is 6.24. The molecule has 1 saturated heterocycles. The summed E-state index contributed by atoms with van der Waals surface area (Å²) in [6, 6.07) is 7.51. The highest BCUT2D eigenvalue weighted by atomic mass is 35.5. The van der Waals surface area contributed by atoms with Crippen molar-refractivity contribution < 1.29 is 9.53 Å². The molecule has 4 nitrogen and oxygen atoms in total. The van der Waals surface area contributed by atoms with Crippen molar-refractivity contribution in [1.29, 1.82) is 0 Å². The third-order valence-corrected chi connectivity index (χ3v) is 4.49. The number of ether oxygens (including phenoxy) is 1. The standard InChI is InChI=1S/C17H21ClN2O2/c1-11(2)10-19-16-14(8-9-15(16)22-3)20(17(19)21)13-6-4-12(18)5-7-13/h4-9,11,14-16H,10H2,1-3H3/t14-,15-,16-/m1/s1. The van der Waals surface area contributed by atoms with Crippen molar-refractivity contribution in [3.63, 3.8) is 0 Å². The summed E-state index contributed by atoms with van der Waals surface area (Å²) in [6.07, 6.45) is 4.08. The van der Waals surface area contributed by atoms with Crippen LogP contribution in [-0.4, -0.2) is 42.8 Å². The van der Waals surface area contributed by atoms with E-state index in [4.69, 9.17) is 16.3 Å². The number of methoxy groups -OCH3 is 1. The fraction of sp³-hybridized carbons (Fsp3) is 0.471. The Bertz CT molecular complexity index is 585. The van der Waals surface area contributed by atoms with Crippen LogP contribution in [0.5, 0.6) is 0 Å². The molecule has 1 aromatic carbocycles. The monoisotopic (exact) mass is 320 g/mol. The zero-order valence-corrected chi connectivity index (χ0v) is 13.8. The van der Waals surface area contributed by atoms with Crippen molar-refractivity contribution >= 4 is 23.3 Å². The second kappa shape index (κ2) is 5.94. The van der Waals surface area contributed by atoms with Crippen LogP contribution < -0.4 is 4.90 Å². The minimum absolute atomic E-state index is 0.0115. The number of halogens is 1. The van der Waals surface area contributed by atoms with Gasteiger partial charge in [0.25, 0.3) is 0 Å². The van der Waals surface area contributed by atoms with Crippen LogP contribution in [0.2, 0.25) is 5.02 Å². The quantitative estimate of drug-likeness (QED) is 0.795. The number of fused-ring (bicyclic) bond motifs is 1. The van der Waals surface area contributed by atoms with Crippen LogP contribution in [-0.2, 0) is 4.74 Å². The number of hydrogen-bond donors (Lipinski definition) is 0. The third kappa shape index (κ3) is 2.50. The van der Waals surface area contributed by atoms with Crippen molar-refractivity contribution in [1.82, 2.24) is 4.90 Å². The fourth-order valence-corrected chi connectivity index (χ4v) is 3.46. The van der Waals surface area contributed by atoms with E-state index in [1.165, 1.54) is 0 Å². The Morgan fingerprint density at radius 1 is 1.23 bits per heavy atom. The molecule has 2 aliphatic rings. The first-order chi connectivity index (χ1) is 10.5. The molecule has 5 heteroatoms. The Balaban J connectivity index is 1.96. The van der Waals surface area contributed by atoms with Crippen molar-refractivity contribution in [3.05, 3.63) is 41.4 Å². The van der Waals surface area contributed by atoms with E-state index < -0.39 is 0 Å². The Labute approximate surface area is 136 Å². The maximum absolute atomic E-state index is 12.9. The highest BCUT2D eigenvalue weighted by molar-refractivity contribution is 6.30. The molecule has 0 aromatic heterocycles. The van der Waals surface area contributed by atoms with Crippen molar-refractivity contribution in [2.24, 2.45) is 5.92 Å². The molecule has 0 bridgehead atoms. The third-order valence-electron chi connectivity index (χ3n) is 4.23. The van der Waals surface area contributed by atoms with E-state index in [9.17, 15) is 4.79 Å². The van der Waals surface area contributed by atoms with Gasteiger partial charge in [-0.05, 0) is 30.2 Å². The fourth-order valence-electron chi connectivity index (χ4n) is 3.33. The lowest BCUT2D eigenvalue weighted by Gasteiger charge is -2.28. The van der Waals surface area contributed by atoms with Crippen LogP contribution in [0.4, 0.5) is 10.5 Å². The average Bonchev–Trinajstić information content (AvgIpc) is 3.00. The van der Waals surface area contributed by atoms with Gasteiger partial charge in [-0.25, -0.2) is 4.79 Å². The number of carbonyl (C=O) groups is 1. The number of nitrogens with zero attached hydrogens (tertiary/aromatic N) is 2. The largest absolute Gasteiger partial charge is 0.375 e. The van der Waals surface area contributed by atoms with Crippen LogP contribution in [0.25, 0.3) is 0 Å². The molecule has 1 aliphatic heterocycles. The Morgan fingerprint density at radius 2 is 1.91 bits per heavy atom. The van der Waals surface area contributed by atoms with Crippen molar-refractivity contribution in [2.75, 3.05) is 18.6 Å². The first-order valence-electron chi connectivity index (χ1n) is 7.59. The molecule has 0 saturated carbocycles. The Kier molecular flexibility index (Phi) is 4.15. The van der Waals surface area contributed by atoms with Gasteiger partial charge in [0.15, 0.2) is 0 Å². The predicted octanol–water partition coefficient (Wildman–Crippen LogP) is 3.56. The smallest absolute Gasteiger partial charge is 0.325 e. The van der Waals surface area contributed by atoms with Gasteiger partial charge in [0.2, 0.25) is 0 Å². The molecule has 1 aromatic rings. The van der Waals surface area contributed by atoms with Gasteiger partial charge in [0.05, 0.1) is 18.2 Å². The lowest BCUT2D eigenvalue weighted by Crippen LogP contribution is -2.44. The van der Waals surface area contributed by atoms with Gasteiger partial charge >= 0.3 is 6.03 Å². The molecule has 118 valence electrons. The molecule has 2 amide bonds. The average molecular weight is 321 g/mol. The molecule has 3 atom stereocenters. The highest BCUT2D eigenvalue weighted by Crippen LogP contribution is 2.36. The minimum Gasteiger partial charge on any atom is -0.375 e. The molecular weight excluding hydrogens is 300 g/mol. The summed E-state index contributed by atoms with van der Waals surface area (Å²) in [5.74, 6) is 0.410. The van der Waals surface area contributed by atoms with E-state index in [0.29, 0.717) is 10.9 Å². The van der Waals surface area contributed by atoms with Gasteiger partial charge in [-0.3, -0.25) is 4.90 Å². The number of amides is 2. The van der Waals surface area contributed by atoms with Gasteiger partial charge < -0.3 is 9.64 Å². The molecule has 0 unspecified atom stereocenters. The first-order valence-corrected chi connectivity index (χ1v) is 7.97. The summed E-state index contributed by atoms with van der Waals surface area (Å²) >= 11 is 5.96. The maximum atomic E-state index is 12.9. The summed E-state index contributed by atoms with van der Waals surface area (Å²) in [5, 5.41) is 0.669. The Hall–Kier alpha value is -1.52. The molecular formula is C17H21ClN2O2. The second-order valence-corrected chi connectivity index (χ2v) is 6.68. The molecule has 22 heavy (non-hydrogen) atoms. The van der Waals surface area contributed by atoms with E-state index >= 15 is 0 Å². The van der Waals surface area contributed by atoms with Crippen LogP contribution >= 0.6 is 11.6 Å². The number of anilines is 1. The lowest BCUT2D eigenvalue weighted by atomic mass is 10.1. The molecule has 1 aliphatic carbocycles. The molecule has 1 fully saturated rings. The lowest BCUT2D eigenvalue weighted by molar-refractivity contribution is 0.0738. The van der Waals surface area contributed by atoms with E-state index in [1.807, 2.05) is 34.1 Å². The van der Waals surface area contributed by atoms with Gasteiger partial charge in [-0.2, -0.15) is 0 Å². The molecule has 3 rings (SSSR count). The van der Waals surface area contributed by atoms with Crippen molar-refractivity contribution in [2.45, 2.75) is 32.0 Å². The van der Waals surface area contributed by atoms with Crippen LogP contribution in [0, 0.1) is 5.92 Å². The van der Waals surface area contributed by atoms with Gasteiger partial charge in [-0.15, -0.1) is 0 Å². The summed E-state index contributed by atoms with van der Waals surface area (Å²) in [7, 11) is 1.69. The van der Waals surface area contributed by atoms with E-state index in [-0.39, 0.29) is 24.2 Å². The summed E-state index contributed by atoms with van der Waals surface area (Å²) in [4.78, 5) is 16.7. The number of rotatable bonds is 4. The van der Waals surface area contributed by atoms with E-state index in [1.54, 1.807) is 7.11 Å². The van der Waals surface area contributed by atoms with Gasteiger partial charge in [-0.1, -0.05) is 37.6 Å². The summed E-state index contributed by atoms with van der Waals surface area (Å²) < 4.78 is 5.56. The summed E-state index contributed by atoms with van der Waals surface area (Å²) in [6.45, 7) is 4.97. The van der Waals surface area contributed by atoms with Gasteiger partial charge in [0.1, 0.15) is 0 Å². The molecule has 1 heterocycles. The molecule has 0 spiro atoms. The minimum atomic E-state index is -0.0509. The topological polar surface area (TPSA) is 32.8 Å². The molecule has 0 N–H and O–H groups in total. The van der Waals surface area contributed by atoms with Crippen LogP contribution in [0.1, 0.15) is 13.8 Å². The first kappa shape index (κ1) is 15.4. The number of carbonyl (C=O) groups excluding carboxylic acids is 1. The molecule has 0 radical (unpaired) electrons. The van der Waals surface area contributed by atoms with Crippen LogP contribution in [0.15, 0.2) is 36.4 Å². The highest BCUT2D eigenvalue weighted by Gasteiger charge is 2.51. The van der Waals surface area contributed by atoms with E-state index in [2.05, 4.69) is 26.0 Å². The van der Waals surface area contributed by atoms with E-state index in [0.717, 1.165) is 12.2 Å². The summed E-state index contributed by atoms with van der Waals surface area (Å²) in [5.41, 5.74) is 0.872. The number of hydrogen-bond acceptors (Lipinski definition) is 2. The number of benzene rings is 1.